The second-order valence-electron chi connectivity index (χ2n) is 6.38. The molecule has 2 aromatic carbocycles. The first-order valence-corrected chi connectivity index (χ1v) is 9.80. The lowest BCUT2D eigenvalue weighted by atomic mass is 10.2. The summed E-state index contributed by atoms with van der Waals surface area (Å²) in [6.07, 6.45) is 0. The molecule has 3 heterocycles. The molecule has 0 saturated heterocycles. The van der Waals surface area contributed by atoms with Gasteiger partial charge in [-0.05, 0) is 29.8 Å². The molecule has 0 saturated carbocycles. The molecule has 0 unspecified atom stereocenters. The van der Waals surface area contributed by atoms with E-state index in [4.69, 9.17) is 14.2 Å². The minimum absolute atomic E-state index is 0.0974. The number of benzene rings is 2. The molecule has 5 rings (SSSR count). The normalized spacial score (nSPS) is 14.8. The first kappa shape index (κ1) is 17.8. The van der Waals surface area contributed by atoms with E-state index in [1.54, 1.807) is 35.0 Å². The van der Waals surface area contributed by atoms with Crippen LogP contribution in [-0.2, 0) is 17.9 Å². The van der Waals surface area contributed by atoms with Crippen molar-refractivity contribution in [2.45, 2.75) is 18.3 Å². The van der Waals surface area contributed by atoms with E-state index in [2.05, 4.69) is 10.2 Å². The Hall–Kier alpha value is -3.27. The summed E-state index contributed by atoms with van der Waals surface area (Å²) in [5.41, 5.74) is 0.674. The van der Waals surface area contributed by atoms with E-state index in [1.165, 1.54) is 28.9 Å². The van der Waals surface area contributed by atoms with Crippen LogP contribution in [0.15, 0.2) is 47.6 Å². The molecule has 0 radical (unpaired) electrons. The molecular weight excluding hydrogens is 399 g/mol. The van der Waals surface area contributed by atoms with Gasteiger partial charge >= 0.3 is 0 Å². The number of thioether (sulfide) groups is 1. The summed E-state index contributed by atoms with van der Waals surface area (Å²) < 4.78 is 31.7. The molecule has 0 aliphatic carbocycles. The van der Waals surface area contributed by atoms with Gasteiger partial charge in [0.15, 0.2) is 17.3 Å². The second kappa shape index (κ2) is 7.28. The number of fused-ring (bicyclic) bond motifs is 2. The highest BCUT2D eigenvalue weighted by atomic mass is 32.2. The second-order valence-corrected chi connectivity index (χ2v) is 7.33. The molecule has 0 fully saturated rings. The third kappa shape index (κ3) is 3.46. The van der Waals surface area contributed by atoms with Crippen LogP contribution in [0.25, 0.3) is 0 Å². The van der Waals surface area contributed by atoms with Crippen LogP contribution in [0.5, 0.6) is 17.2 Å². The molecule has 2 aliphatic heterocycles. The number of rotatable bonds is 5. The number of nitrogens with zero attached hydrogens (tertiary/aromatic N) is 4. The molecule has 0 bridgehead atoms. The number of carbonyl (C=O) groups is 1. The van der Waals surface area contributed by atoms with E-state index in [1.807, 2.05) is 0 Å². The summed E-state index contributed by atoms with van der Waals surface area (Å²) >= 11 is 1.31. The smallest absolute Gasteiger partial charge is 0.252 e. The zero-order valence-corrected chi connectivity index (χ0v) is 15.9. The number of amides is 1. The molecule has 0 N–H and O–H groups in total. The Kier molecular flexibility index (Phi) is 4.47. The highest BCUT2D eigenvalue weighted by Gasteiger charge is 2.29. The van der Waals surface area contributed by atoms with Crippen molar-refractivity contribution in [2.24, 2.45) is 0 Å². The topological polar surface area (TPSA) is 78.7 Å². The van der Waals surface area contributed by atoms with Crippen molar-refractivity contribution in [3.8, 4) is 17.2 Å². The summed E-state index contributed by atoms with van der Waals surface area (Å²) in [4.78, 5) is 12.6. The molecule has 1 aromatic heterocycles. The lowest BCUT2D eigenvalue weighted by molar-refractivity contribution is -0.118. The average molecular weight is 414 g/mol. The van der Waals surface area contributed by atoms with Gasteiger partial charge in [-0.15, -0.1) is 10.2 Å². The molecule has 0 atom stereocenters. The number of hydrogen-bond donors (Lipinski definition) is 0. The van der Waals surface area contributed by atoms with Gasteiger partial charge < -0.3 is 14.2 Å². The summed E-state index contributed by atoms with van der Waals surface area (Å²) in [6, 6.07) is 11.4. The lowest BCUT2D eigenvalue weighted by Gasteiger charge is -2.29. The van der Waals surface area contributed by atoms with Crippen LogP contribution in [0.4, 0.5) is 4.39 Å². The first-order valence-electron chi connectivity index (χ1n) is 8.82. The van der Waals surface area contributed by atoms with Gasteiger partial charge in [-0.2, -0.15) is 0 Å². The molecule has 29 heavy (non-hydrogen) atoms. The fraction of sp³-hybridized carbons (Fsp3) is 0.211. The van der Waals surface area contributed by atoms with Gasteiger partial charge in [0, 0.05) is 6.07 Å². The summed E-state index contributed by atoms with van der Waals surface area (Å²) in [5.74, 6) is 2.11. The van der Waals surface area contributed by atoms with Gasteiger partial charge in [0.1, 0.15) is 18.2 Å². The number of ether oxygens (including phenoxy) is 3. The standard InChI is InChI=1S/C19H15FN4O4S/c20-13-3-1-2-12(6-13)8-23-18(25)10-29-19-22-21-17(24(19)23)9-26-14-4-5-15-16(7-14)28-11-27-15/h1-7H,8-11H2. The molecule has 8 nitrogen and oxygen atoms in total. The van der Waals surface area contributed by atoms with Gasteiger partial charge in [-0.1, -0.05) is 23.9 Å². The minimum atomic E-state index is -0.350. The SMILES string of the molecule is O=C1CSc2nnc(COc3ccc4c(c3)OCO4)n2N1Cc1cccc(F)c1. The Labute approximate surface area is 169 Å². The van der Waals surface area contributed by atoms with Crippen LogP contribution in [0.2, 0.25) is 0 Å². The van der Waals surface area contributed by atoms with Crippen molar-refractivity contribution in [2.75, 3.05) is 17.6 Å². The highest BCUT2D eigenvalue weighted by molar-refractivity contribution is 7.99. The zero-order valence-electron chi connectivity index (χ0n) is 15.1. The fourth-order valence-electron chi connectivity index (χ4n) is 3.11. The van der Waals surface area contributed by atoms with Crippen LogP contribution in [-0.4, -0.2) is 33.3 Å². The monoisotopic (exact) mass is 414 g/mol. The molecule has 1 amide bonds. The van der Waals surface area contributed by atoms with Crippen LogP contribution in [0, 0.1) is 5.82 Å². The molecule has 3 aromatic rings. The maximum absolute atomic E-state index is 13.6. The molecule has 2 aliphatic rings. The van der Waals surface area contributed by atoms with Gasteiger partial charge in [0.05, 0.1) is 12.3 Å². The first-order chi connectivity index (χ1) is 14.2. The predicted octanol–water partition coefficient (Wildman–Crippen LogP) is 2.50. The average Bonchev–Trinajstić information content (AvgIpc) is 3.35. The van der Waals surface area contributed by atoms with E-state index >= 15 is 0 Å². The summed E-state index contributed by atoms with van der Waals surface area (Å²) in [6.45, 7) is 0.490. The number of hydrogen-bond acceptors (Lipinski definition) is 7. The van der Waals surface area contributed by atoms with Crippen molar-refractivity contribution in [3.05, 3.63) is 59.7 Å². The summed E-state index contributed by atoms with van der Waals surface area (Å²) in [5, 5.41) is 10.4. The quantitative estimate of drug-likeness (QED) is 0.635. The Morgan fingerprint density at radius 1 is 1.14 bits per heavy atom. The van der Waals surface area contributed by atoms with E-state index in [0.29, 0.717) is 33.8 Å². The highest BCUT2D eigenvalue weighted by Crippen LogP contribution is 2.35. The molecule has 148 valence electrons. The molecule has 0 spiro atoms. The van der Waals surface area contributed by atoms with Crippen molar-refractivity contribution >= 4 is 17.7 Å². The van der Waals surface area contributed by atoms with Crippen molar-refractivity contribution in [1.29, 1.82) is 0 Å². The van der Waals surface area contributed by atoms with E-state index in [-0.39, 0.29) is 37.4 Å². The Balaban J connectivity index is 1.38. The Morgan fingerprint density at radius 3 is 2.93 bits per heavy atom. The minimum Gasteiger partial charge on any atom is -0.485 e. The van der Waals surface area contributed by atoms with Crippen molar-refractivity contribution in [1.82, 2.24) is 14.9 Å². The van der Waals surface area contributed by atoms with Gasteiger partial charge in [-0.3, -0.25) is 4.79 Å². The van der Waals surface area contributed by atoms with Crippen molar-refractivity contribution < 1.29 is 23.4 Å². The van der Waals surface area contributed by atoms with E-state index in [9.17, 15) is 9.18 Å². The molecule has 10 heteroatoms. The van der Waals surface area contributed by atoms with Crippen LogP contribution in [0.1, 0.15) is 11.4 Å². The van der Waals surface area contributed by atoms with Crippen LogP contribution in [0.3, 0.4) is 0 Å². The van der Waals surface area contributed by atoms with Gasteiger partial charge in [0.25, 0.3) is 5.91 Å². The largest absolute Gasteiger partial charge is 0.485 e. The number of carbonyl (C=O) groups excluding carboxylic acids is 1. The summed E-state index contributed by atoms with van der Waals surface area (Å²) in [7, 11) is 0. The predicted molar refractivity (Wildman–Crippen MR) is 101 cm³/mol. The maximum atomic E-state index is 13.6. The van der Waals surface area contributed by atoms with Gasteiger partial charge in [0.2, 0.25) is 11.9 Å². The number of halogens is 1. The molecular formula is C19H15FN4O4S. The van der Waals surface area contributed by atoms with Gasteiger partial charge in [-0.25, -0.2) is 14.1 Å². The zero-order chi connectivity index (χ0) is 19.8. The Bertz CT molecular complexity index is 1090. The Morgan fingerprint density at radius 2 is 2.03 bits per heavy atom. The van der Waals surface area contributed by atoms with E-state index in [0.717, 1.165) is 0 Å². The lowest BCUT2D eigenvalue weighted by Crippen LogP contribution is -2.45. The maximum Gasteiger partial charge on any atom is 0.252 e. The third-order valence-electron chi connectivity index (χ3n) is 4.46. The van der Waals surface area contributed by atoms with Crippen molar-refractivity contribution in [3.63, 3.8) is 0 Å². The van der Waals surface area contributed by atoms with Crippen LogP contribution >= 0.6 is 11.8 Å². The third-order valence-corrected chi connectivity index (χ3v) is 5.37. The van der Waals surface area contributed by atoms with Crippen LogP contribution < -0.4 is 19.2 Å². The number of aromatic nitrogens is 3. The van der Waals surface area contributed by atoms with E-state index < -0.39 is 0 Å². The fourth-order valence-corrected chi connectivity index (χ4v) is 3.94.